The van der Waals surface area contributed by atoms with Gasteiger partial charge < -0.3 is 0 Å². The van der Waals surface area contributed by atoms with E-state index in [0.29, 0.717) is 0 Å². The number of nitro benzene ring substituents is 1. The number of fused-ring (bicyclic) bond motifs is 1. The Balaban J connectivity index is 1.93. The van der Waals surface area contributed by atoms with Crippen LogP contribution in [0.15, 0.2) is 54.6 Å². The van der Waals surface area contributed by atoms with E-state index in [1.807, 2.05) is 18.2 Å². The van der Waals surface area contributed by atoms with E-state index in [1.165, 1.54) is 17.2 Å². The number of allylic oxidation sites excluding steroid dienone is 1. The molecule has 94 valence electrons. The van der Waals surface area contributed by atoms with Gasteiger partial charge in [0.15, 0.2) is 0 Å². The predicted molar refractivity (Wildman–Crippen MR) is 75.0 cm³/mol. The predicted octanol–water partition coefficient (Wildman–Crippen LogP) is 3.95. The Kier molecular flexibility index (Phi) is 2.88. The average Bonchev–Trinajstić information content (AvgIpc) is 2.47. The lowest BCUT2D eigenvalue weighted by Gasteiger charge is -2.19. The quantitative estimate of drug-likeness (QED) is 0.599. The fraction of sp³-hybridized carbons (Fsp3) is 0.125. The summed E-state index contributed by atoms with van der Waals surface area (Å²) in [6, 6.07) is 15.2. The molecular weight excluding hydrogens is 238 g/mol. The molecule has 0 saturated carbocycles. The second-order valence-electron chi connectivity index (χ2n) is 4.72. The first kappa shape index (κ1) is 11.7. The molecule has 3 nitrogen and oxygen atoms in total. The molecule has 0 bridgehead atoms. The Bertz CT molecular complexity index is 661. The molecule has 2 aromatic rings. The normalized spacial score (nSPS) is 16.9. The lowest BCUT2D eigenvalue weighted by Crippen LogP contribution is -2.05. The lowest BCUT2D eigenvalue weighted by molar-refractivity contribution is -0.384. The zero-order chi connectivity index (χ0) is 13.2. The Morgan fingerprint density at radius 3 is 2.79 bits per heavy atom. The first-order valence-electron chi connectivity index (χ1n) is 6.24. The highest BCUT2D eigenvalue weighted by Gasteiger charge is 2.17. The van der Waals surface area contributed by atoms with Gasteiger partial charge in [0.1, 0.15) is 0 Å². The molecule has 0 saturated heterocycles. The van der Waals surface area contributed by atoms with Gasteiger partial charge in [0, 0.05) is 18.1 Å². The molecule has 1 aliphatic rings. The van der Waals surface area contributed by atoms with Crippen molar-refractivity contribution in [1.29, 1.82) is 0 Å². The van der Waals surface area contributed by atoms with Crippen molar-refractivity contribution in [1.82, 2.24) is 0 Å². The van der Waals surface area contributed by atoms with E-state index >= 15 is 0 Å². The Labute approximate surface area is 111 Å². The largest absolute Gasteiger partial charge is 0.269 e. The number of hydrogen-bond donors (Lipinski definition) is 0. The summed E-state index contributed by atoms with van der Waals surface area (Å²) < 4.78 is 0. The molecule has 0 spiro atoms. The van der Waals surface area contributed by atoms with Crippen LogP contribution in [0, 0.1) is 10.1 Å². The van der Waals surface area contributed by atoms with Crippen LogP contribution in [0.4, 0.5) is 5.69 Å². The summed E-state index contributed by atoms with van der Waals surface area (Å²) in [5.74, 6) is 0.217. The molecule has 19 heavy (non-hydrogen) atoms. The number of benzene rings is 2. The number of nitrogens with zero attached hydrogens (tertiary/aromatic N) is 1. The van der Waals surface area contributed by atoms with Crippen LogP contribution in [0.1, 0.15) is 22.6 Å². The maximum absolute atomic E-state index is 10.8. The van der Waals surface area contributed by atoms with Crippen molar-refractivity contribution < 1.29 is 4.92 Å². The molecule has 0 N–H and O–H groups in total. The van der Waals surface area contributed by atoms with E-state index in [2.05, 4.69) is 24.3 Å². The van der Waals surface area contributed by atoms with Crippen molar-refractivity contribution in [2.24, 2.45) is 0 Å². The molecule has 0 aromatic heterocycles. The molecule has 0 fully saturated rings. The van der Waals surface area contributed by atoms with Gasteiger partial charge in [-0.2, -0.15) is 0 Å². The summed E-state index contributed by atoms with van der Waals surface area (Å²) in [4.78, 5) is 10.5. The SMILES string of the molecule is O=[N+]([O-])c1cccc(C2C=Cc3ccccc3C2)c1. The van der Waals surface area contributed by atoms with Crippen molar-refractivity contribution in [2.45, 2.75) is 12.3 Å². The first-order valence-corrected chi connectivity index (χ1v) is 6.24. The van der Waals surface area contributed by atoms with Gasteiger partial charge in [-0.3, -0.25) is 10.1 Å². The minimum Gasteiger partial charge on any atom is -0.258 e. The number of non-ortho nitro benzene ring substituents is 1. The molecule has 1 aliphatic carbocycles. The highest BCUT2D eigenvalue weighted by molar-refractivity contribution is 5.59. The molecule has 3 heteroatoms. The minimum absolute atomic E-state index is 0.157. The standard InChI is InChI=1S/C16H13NO2/c18-17(19)16-7-3-6-14(11-16)15-9-8-12-4-1-2-5-13(12)10-15/h1-9,11,15H,10H2. The van der Waals surface area contributed by atoms with E-state index in [9.17, 15) is 10.1 Å². The second kappa shape index (κ2) is 4.69. The van der Waals surface area contributed by atoms with Crippen LogP contribution in [0.3, 0.4) is 0 Å². The van der Waals surface area contributed by atoms with Gasteiger partial charge in [0.05, 0.1) is 4.92 Å². The Morgan fingerprint density at radius 1 is 1.11 bits per heavy atom. The summed E-state index contributed by atoms with van der Waals surface area (Å²) >= 11 is 0. The smallest absolute Gasteiger partial charge is 0.258 e. The summed E-state index contributed by atoms with van der Waals surface area (Å²) in [5, 5.41) is 10.8. The topological polar surface area (TPSA) is 43.1 Å². The highest BCUT2D eigenvalue weighted by atomic mass is 16.6. The third-order valence-electron chi connectivity index (χ3n) is 3.51. The van der Waals surface area contributed by atoms with Gasteiger partial charge in [-0.1, -0.05) is 48.6 Å². The number of hydrogen-bond acceptors (Lipinski definition) is 2. The summed E-state index contributed by atoms with van der Waals surface area (Å²) in [5.41, 5.74) is 3.69. The summed E-state index contributed by atoms with van der Waals surface area (Å²) in [6.07, 6.45) is 5.12. The van der Waals surface area contributed by atoms with Crippen molar-refractivity contribution in [3.05, 3.63) is 81.4 Å². The molecule has 0 radical (unpaired) electrons. The lowest BCUT2D eigenvalue weighted by atomic mass is 9.85. The minimum atomic E-state index is -0.343. The zero-order valence-electron chi connectivity index (χ0n) is 10.3. The zero-order valence-corrected chi connectivity index (χ0v) is 10.3. The van der Waals surface area contributed by atoms with Gasteiger partial charge in [-0.15, -0.1) is 0 Å². The van der Waals surface area contributed by atoms with Crippen LogP contribution < -0.4 is 0 Å². The summed E-state index contributed by atoms with van der Waals surface area (Å²) in [7, 11) is 0. The third kappa shape index (κ3) is 2.27. The van der Waals surface area contributed by atoms with Crippen molar-refractivity contribution in [3.8, 4) is 0 Å². The van der Waals surface area contributed by atoms with Crippen LogP contribution >= 0.6 is 0 Å². The van der Waals surface area contributed by atoms with E-state index in [-0.39, 0.29) is 16.5 Å². The van der Waals surface area contributed by atoms with Crippen LogP contribution in [-0.4, -0.2) is 4.92 Å². The highest BCUT2D eigenvalue weighted by Crippen LogP contribution is 2.31. The van der Waals surface area contributed by atoms with E-state index < -0.39 is 0 Å². The monoisotopic (exact) mass is 251 g/mol. The van der Waals surface area contributed by atoms with E-state index in [4.69, 9.17) is 0 Å². The van der Waals surface area contributed by atoms with Gasteiger partial charge >= 0.3 is 0 Å². The Hall–Kier alpha value is -2.42. The first-order chi connectivity index (χ1) is 9.24. The molecule has 2 aromatic carbocycles. The molecule has 0 amide bonds. The van der Waals surface area contributed by atoms with E-state index in [1.54, 1.807) is 12.1 Å². The van der Waals surface area contributed by atoms with Crippen molar-refractivity contribution in [3.63, 3.8) is 0 Å². The van der Waals surface area contributed by atoms with Crippen LogP contribution in [0.25, 0.3) is 6.08 Å². The van der Waals surface area contributed by atoms with Crippen LogP contribution in [-0.2, 0) is 6.42 Å². The van der Waals surface area contributed by atoms with Gasteiger partial charge in [0.2, 0.25) is 0 Å². The molecular formula is C16H13NO2. The second-order valence-corrected chi connectivity index (χ2v) is 4.72. The van der Waals surface area contributed by atoms with Gasteiger partial charge in [0.25, 0.3) is 5.69 Å². The molecule has 0 heterocycles. The van der Waals surface area contributed by atoms with Crippen LogP contribution in [0.2, 0.25) is 0 Å². The van der Waals surface area contributed by atoms with E-state index in [0.717, 1.165) is 12.0 Å². The van der Waals surface area contributed by atoms with Gasteiger partial charge in [-0.05, 0) is 23.1 Å². The molecule has 0 aliphatic heterocycles. The van der Waals surface area contributed by atoms with Crippen LogP contribution in [0.5, 0.6) is 0 Å². The Morgan fingerprint density at radius 2 is 1.95 bits per heavy atom. The molecule has 1 atom stereocenters. The number of rotatable bonds is 2. The fourth-order valence-electron chi connectivity index (χ4n) is 2.51. The summed E-state index contributed by atoms with van der Waals surface area (Å²) in [6.45, 7) is 0. The fourth-order valence-corrected chi connectivity index (χ4v) is 2.51. The average molecular weight is 251 g/mol. The third-order valence-corrected chi connectivity index (χ3v) is 3.51. The maximum atomic E-state index is 10.8. The molecule has 3 rings (SSSR count). The number of nitro groups is 1. The van der Waals surface area contributed by atoms with Crippen molar-refractivity contribution >= 4 is 11.8 Å². The maximum Gasteiger partial charge on any atom is 0.269 e. The molecule has 1 unspecified atom stereocenters. The van der Waals surface area contributed by atoms with Crippen molar-refractivity contribution in [2.75, 3.05) is 0 Å². The van der Waals surface area contributed by atoms with Gasteiger partial charge in [-0.25, -0.2) is 0 Å².